The maximum Gasteiger partial charge on any atom is 0.255 e. The molecule has 22 heavy (non-hydrogen) atoms. The molecule has 0 saturated carbocycles. The number of nitrogens with zero attached hydrogens (tertiary/aromatic N) is 1. The zero-order valence-corrected chi connectivity index (χ0v) is 12.8. The van der Waals surface area contributed by atoms with Crippen molar-refractivity contribution in [3.8, 4) is 0 Å². The molecule has 0 aliphatic carbocycles. The minimum absolute atomic E-state index is 0.114. The predicted molar refractivity (Wildman–Crippen MR) is 84.5 cm³/mol. The Hall–Kier alpha value is -1.91. The molecule has 2 aromatic carbocycles. The first-order valence-electron chi connectivity index (χ1n) is 7.01. The molecular formula is C17H17ClFNO2. The largest absolute Gasteiger partial charge is 0.395 e. The van der Waals surface area contributed by atoms with Gasteiger partial charge >= 0.3 is 0 Å². The molecule has 0 radical (unpaired) electrons. The van der Waals surface area contributed by atoms with Gasteiger partial charge < -0.3 is 10.0 Å². The average Bonchev–Trinajstić information content (AvgIpc) is 2.54. The van der Waals surface area contributed by atoms with E-state index in [0.717, 1.165) is 5.56 Å². The Labute approximate surface area is 133 Å². The van der Waals surface area contributed by atoms with Gasteiger partial charge in [-0.3, -0.25) is 4.79 Å². The number of aliphatic hydroxyl groups is 1. The molecule has 2 aromatic rings. The smallest absolute Gasteiger partial charge is 0.255 e. The molecule has 3 nitrogen and oxygen atoms in total. The number of rotatable bonds is 6. The highest BCUT2D eigenvalue weighted by Gasteiger charge is 2.19. The van der Waals surface area contributed by atoms with Gasteiger partial charge in [-0.1, -0.05) is 48.0 Å². The zero-order chi connectivity index (χ0) is 15.9. The second kappa shape index (κ2) is 7.92. The number of carbonyl (C=O) groups excluding carboxylic acids is 1. The first-order chi connectivity index (χ1) is 10.6. The molecule has 0 unspecified atom stereocenters. The first kappa shape index (κ1) is 16.5. The Balaban J connectivity index is 2.13. The van der Waals surface area contributed by atoms with Crippen molar-refractivity contribution in [3.05, 3.63) is 70.5 Å². The maximum atomic E-state index is 13.5. The topological polar surface area (TPSA) is 40.5 Å². The summed E-state index contributed by atoms with van der Waals surface area (Å²) in [5, 5.41) is 8.97. The van der Waals surface area contributed by atoms with Crippen LogP contribution in [0, 0.1) is 5.82 Å². The molecule has 0 heterocycles. The van der Waals surface area contributed by atoms with E-state index in [0.29, 0.717) is 13.0 Å². The fraction of sp³-hybridized carbons (Fsp3) is 0.235. The third kappa shape index (κ3) is 4.06. The van der Waals surface area contributed by atoms with Gasteiger partial charge in [0.1, 0.15) is 5.82 Å². The van der Waals surface area contributed by atoms with E-state index in [4.69, 9.17) is 16.7 Å². The molecule has 5 heteroatoms. The lowest BCUT2D eigenvalue weighted by Crippen LogP contribution is -2.35. The Kier molecular flexibility index (Phi) is 5.92. The van der Waals surface area contributed by atoms with Crippen LogP contribution in [0.1, 0.15) is 15.9 Å². The summed E-state index contributed by atoms with van der Waals surface area (Å²) in [5.74, 6) is -1.01. The molecule has 0 fully saturated rings. The molecule has 0 aromatic heterocycles. The van der Waals surface area contributed by atoms with Gasteiger partial charge in [-0.15, -0.1) is 0 Å². The van der Waals surface area contributed by atoms with Crippen molar-refractivity contribution in [2.45, 2.75) is 6.42 Å². The van der Waals surface area contributed by atoms with E-state index < -0.39 is 5.82 Å². The average molecular weight is 322 g/mol. The molecule has 0 bridgehead atoms. The lowest BCUT2D eigenvalue weighted by atomic mass is 10.1. The van der Waals surface area contributed by atoms with Crippen LogP contribution < -0.4 is 0 Å². The first-order valence-corrected chi connectivity index (χ1v) is 7.39. The van der Waals surface area contributed by atoms with E-state index in [9.17, 15) is 9.18 Å². The molecule has 0 saturated heterocycles. The second-order valence-corrected chi connectivity index (χ2v) is 5.23. The number of hydrogen-bond acceptors (Lipinski definition) is 2. The van der Waals surface area contributed by atoms with Gasteiger partial charge in [0.15, 0.2) is 0 Å². The van der Waals surface area contributed by atoms with Crippen LogP contribution in [-0.4, -0.2) is 35.6 Å². The van der Waals surface area contributed by atoms with Gasteiger partial charge in [-0.05, 0) is 24.1 Å². The van der Waals surface area contributed by atoms with Crippen LogP contribution in [0.5, 0.6) is 0 Å². The zero-order valence-electron chi connectivity index (χ0n) is 12.0. The fourth-order valence-corrected chi connectivity index (χ4v) is 2.39. The van der Waals surface area contributed by atoms with E-state index >= 15 is 0 Å². The van der Waals surface area contributed by atoms with Crippen molar-refractivity contribution in [2.75, 3.05) is 19.7 Å². The normalized spacial score (nSPS) is 10.5. The SMILES string of the molecule is O=C(c1cccc(F)c1Cl)N(CCO)CCc1ccccc1. The molecule has 1 N–H and O–H groups in total. The third-order valence-electron chi connectivity index (χ3n) is 3.35. The standard InChI is InChI=1S/C17H17ClFNO2/c18-16-14(7-4-8-15(16)19)17(22)20(11-12-21)10-9-13-5-2-1-3-6-13/h1-8,21H,9-12H2. The monoisotopic (exact) mass is 321 g/mol. The summed E-state index contributed by atoms with van der Waals surface area (Å²) in [6.45, 7) is 0.447. The van der Waals surface area contributed by atoms with Gasteiger partial charge in [0.25, 0.3) is 5.91 Å². The third-order valence-corrected chi connectivity index (χ3v) is 3.74. The van der Waals surface area contributed by atoms with Gasteiger partial charge in [0.05, 0.1) is 17.2 Å². The number of aliphatic hydroxyl groups excluding tert-OH is 1. The Bertz CT molecular complexity index is 634. The Morgan fingerprint density at radius 3 is 2.50 bits per heavy atom. The molecule has 1 amide bonds. The van der Waals surface area contributed by atoms with Crippen LogP contribution in [-0.2, 0) is 6.42 Å². The van der Waals surface area contributed by atoms with Gasteiger partial charge in [-0.2, -0.15) is 0 Å². The molecule has 116 valence electrons. The van der Waals surface area contributed by atoms with E-state index in [1.165, 1.54) is 23.1 Å². The van der Waals surface area contributed by atoms with E-state index in [1.807, 2.05) is 30.3 Å². The summed E-state index contributed by atoms with van der Waals surface area (Å²) >= 11 is 5.86. The van der Waals surface area contributed by atoms with Crippen molar-refractivity contribution >= 4 is 17.5 Å². The maximum absolute atomic E-state index is 13.5. The highest BCUT2D eigenvalue weighted by molar-refractivity contribution is 6.34. The molecule has 0 aliphatic heterocycles. The van der Waals surface area contributed by atoms with Gasteiger partial charge in [0, 0.05) is 13.1 Å². The van der Waals surface area contributed by atoms with Crippen LogP contribution >= 0.6 is 11.6 Å². The van der Waals surface area contributed by atoms with Crippen molar-refractivity contribution in [3.63, 3.8) is 0 Å². The van der Waals surface area contributed by atoms with Crippen molar-refractivity contribution in [2.24, 2.45) is 0 Å². The summed E-state index contributed by atoms with van der Waals surface area (Å²) in [4.78, 5) is 14.0. The molecular weight excluding hydrogens is 305 g/mol. The number of halogens is 2. The summed E-state index contributed by atoms with van der Waals surface area (Å²) in [6.07, 6.45) is 0.652. The Morgan fingerprint density at radius 1 is 1.09 bits per heavy atom. The summed E-state index contributed by atoms with van der Waals surface area (Å²) in [5.41, 5.74) is 1.20. The van der Waals surface area contributed by atoms with Crippen LogP contribution in [0.3, 0.4) is 0 Å². The highest BCUT2D eigenvalue weighted by atomic mass is 35.5. The number of carbonyl (C=O) groups is 1. The van der Waals surface area contributed by atoms with E-state index in [1.54, 1.807) is 0 Å². The van der Waals surface area contributed by atoms with Gasteiger partial charge in [0.2, 0.25) is 0 Å². The van der Waals surface area contributed by atoms with Gasteiger partial charge in [-0.25, -0.2) is 4.39 Å². The van der Waals surface area contributed by atoms with Crippen LogP contribution in [0.25, 0.3) is 0 Å². The minimum Gasteiger partial charge on any atom is -0.395 e. The number of benzene rings is 2. The quantitative estimate of drug-likeness (QED) is 0.888. The number of hydrogen-bond donors (Lipinski definition) is 1. The molecule has 0 aliphatic rings. The minimum atomic E-state index is -0.625. The second-order valence-electron chi connectivity index (χ2n) is 4.85. The Morgan fingerprint density at radius 2 is 1.82 bits per heavy atom. The van der Waals surface area contributed by atoms with E-state index in [2.05, 4.69) is 0 Å². The number of amides is 1. The summed E-state index contributed by atoms with van der Waals surface area (Å²) < 4.78 is 13.5. The fourth-order valence-electron chi connectivity index (χ4n) is 2.18. The molecule has 0 atom stereocenters. The predicted octanol–water partition coefficient (Wildman–Crippen LogP) is 3.16. The van der Waals surface area contributed by atoms with E-state index in [-0.39, 0.29) is 29.6 Å². The van der Waals surface area contributed by atoms with Crippen molar-refractivity contribution in [1.29, 1.82) is 0 Å². The lowest BCUT2D eigenvalue weighted by molar-refractivity contribution is 0.0723. The summed E-state index contributed by atoms with van der Waals surface area (Å²) in [7, 11) is 0. The molecule has 0 spiro atoms. The van der Waals surface area contributed by atoms with Crippen LogP contribution in [0.2, 0.25) is 5.02 Å². The highest BCUT2D eigenvalue weighted by Crippen LogP contribution is 2.21. The van der Waals surface area contributed by atoms with Crippen LogP contribution in [0.4, 0.5) is 4.39 Å². The van der Waals surface area contributed by atoms with Crippen molar-refractivity contribution in [1.82, 2.24) is 4.90 Å². The van der Waals surface area contributed by atoms with Crippen molar-refractivity contribution < 1.29 is 14.3 Å². The molecule has 2 rings (SSSR count). The lowest BCUT2D eigenvalue weighted by Gasteiger charge is -2.22. The van der Waals surface area contributed by atoms with Crippen LogP contribution in [0.15, 0.2) is 48.5 Å². The summed E-state index contributed by atoms with van der Waals surface area (Å²) in [6, 6.07) is 13.9.